The third-order valence-electron chi connectivity index (χ3n) is 2.30. The van der Waals surface area contributed by atoms with Crippen molar-refractivity contribution >= 4 is 0 Å². The maximum absolute atomic E-state index is 12.3. The van der Waals surface area contributed by atoms with E-state index in [-0.39, 0.29) is 5.56 Å². The van der Waals surface area contributed by atoms with Crippen molar-refractivity contribution in [3.8, 4) is 5.69 Å². The predicted octanol–water partition coefficient (Wildman–Crippen LogP) is 2.49. The van der Waals surface area contributed by atoms with Crippen LogP contribution in [0.5, 0.6) is 0 Å². The summed E-state index contributed by atoms with van der Waals surface area (Å²) in [5, 5.41) is 2.74. The molecule has 1 heterocycles. The highest BCUT2D eigenvalue weighted by Gasteiger charge is 2.30. The summed E-state index contributed by atoms with van der Waals surface area (Å²) in [6, 6.07) is 5.76. The van der Waals surface area contributed by atoms with Crippen LogP contribution in [0.3, 0.4) is 0 Å². The van der Waals surface area contributed by atoms with Gasteiger partial charge in [0.25, 0.3) is 5.56 Å². The number of H-pyrrole nitrogens is 1. The van der Waals surface area contributed by atoms with E-state index in [1.54, 1.807) is 6.92 Å². The van der Waals surface area contributed by atoms with Crippen LogP contribution >= 0.6 is 0 Å². The van der Waals surface area contributed by atoms with Crippen molar-refractivity contribution < 1.29 is 13.2 Å². The van der Waals surface area contributed by atoms with Gasteiger partial charge in [0.1, 0.15) is 0 Å². The lowest BCUT2D eigenvalue weighted by atomic mass is 10.2. The number of rotatable bonds is 1. The normalized spacial score (nSPS) is 11.8. The van der Waals surface area contributed by atoms with Crippen molar-refractivity contribution in [1.29, 1.82) is 0 Å². The molecule has 6 heteroatoms. The second kappa shape index (κ2) is 3.80. The van der Waals surface area contributed by atoms with Gasteiger partial charge in [0.05, 0.1) is 11.3 Å². The van der Waals surface area contributed by atoms with E-state index in [9.17, 15) is 18.0 Å². The summed E-state index contributed by atoms with van der Waals surface area (Å²) >= 11 is 0. The van der Waals surface area contributed by atoms with Gasteiger partial charge in [-0.2, -0.15) is 13.2 Å². The van der Waals surface area contributed by atoms with E-state index in [2.05, 4.69) is 5.10 Å². The molecule has 2 aromatic rings. The Bertz CT molecular complexity index is 578. The Hall–Kier alpha value is -1.98. The van der Waals surface area contributed by atoms with Crippen molar-refractivity contribution in [3.63, 3.8) is 0 Å². The standard InChI is InChI=1S/C11H9F3N2O/c1-7-6-10(17)16(15-7)9-4-2-8(3-5-9)11(12,13)14/h2-6,15H,1H3. The molecule has 1 aromatic carbocycles. The Balaban J connectivity index is 2.43. The van der Waals surface area contributed by atoms with Crippen LogP contribution in [0.1, 0.15) is 11.3 Å². The van der Waals surface area contributed by atoms with E-state index < -0.39 is 11.7 Å². The minimum Gasteiger partial charge on any atom is -0.295 e. The van der Waals surface area contributed by atoms with Gasteiger partial charge < -0.3 is 0 Å². The molecule has 0 fully saturated rings. The first-order valence-corrected chi connectivity index (χ1v) is 4.84. The first-order chi connectivity index (χ1) is 7.88. The van der Waals surface area contributed by atoms with Crippen molar-refractivity contribution in [1.82, 2.24) is 9.78 Å². The fourth-order valence-electron chi connectivity index (χ4n) is 1.50. The number of aromatic nitrogens is 2. The lowest BCUT2D eigenvalue weighted by Crippen LogP contribution is -2.14. The number of halogens is 3. The molecule has 90 valence electrons. The number of hydrogen-bond acceptors (Lipinski definition) is 1. The van der Waals surface area contributed by atoms with E-state index in [0.29, 0.717) is 11.4 Å². The molecule has 0 radical (unpaired) electrons. The Labute approximate surface area is 94.5 Å². The molecule has 0 aliphatic rings. The minimum atomic E-state index is -4.37. The second-order valence-corrected chi connectivity index (χ2v) is 3.66. The van der Waals surface area contributed by atoms with Gasteiger partial charge in [-0.25, -0.2) is 4.68 Å². The highest BCUT2D eigenvalue weighted by atomic mass is 19.4. The molecule has 0 amide bonds. The maximum Gasteiger partial charge on any atom is 0.416 e. The molecule has 0 saturated heterocycles. The zero-order valence-corrected chi connectivity index (χ0v) is 8.88. The number of nitrogens with one attached hydrogen (secondary N) is 1. The summed E-state index contributed by atoms with van der Waals surface area (Å²) in [4.78, 5) is 11.4. The molecular weight excluding hydrogens is 233 g/mol. The molecule has 0 bridgehead atoms. The van der Waals surface area contributed by atoms with Gasteiger partial charge in [-0.15, -0.1) is 0 Å². The molecule has 3 nitrogen and oxygen atoms in total. The number of nitrogens with zero attached hydrogens (tertiary/aromatic N) is 1. The van der Waals surface area contributed by atoms with Crippen LogP contribution in [0.4, 0.5) is 13.2 Å². The van der Waals surface area contributed by atoms with Crippen molar-refractivity contribution in [2.75, 3.05) is 0 Å². The molecule has 0 unspecified atom stereocenters. The smallest absolute Gasteiger partial charge is 0.295 e. The van der Waals surface area contributed by atoms with Crippen LogP contribution in [0.15, 0.2) is 35.1 Å². The fourth-order valence-corrected chi connectivity index (χ4v) is 1.50. The SMILES string of the molecule is Cc1cc(=O)n(-c2ccc(C(F)(F)F)cc2)[nH]1. The number of aromatic amines is 1. The average Bonchev–Trinajstić information content (AvgIpc) is 2.57. The lowest BCUT2D eigenvalue weighted by Gasteiger charge is -2.07. The number of hydrogen-bond donors (Lipinski definition) is 1. The number of alkyl halides is 3. The third kappa shape index (κ3) is 2.25. The van der Waals surface area contributed by atoms with Crippen LogP contribution in [-0.2, 0) is 6.18 Å². The zero-order chi connectivity index (χ0) is 12.6. The van der Waals surface area contributed by atoms with Crippen LogP contribution in [-0.4, -0.2) is 9.78 Å². The Morgan fingerprint density at radius 3 is 2.18 bits per heavy atom. The van der Waals surface area contributed by atoms with Crippen LogP contribution in [0, 0.1) is 6.92 Å². The van der Waals surface area contributed by atoms with Gasteiger partial charge >= 0.3 is 6.18 Å². The fraction of sp³-hybridized carbons (Fsp3) is 0.182. The number of aryl methyl sites for hydroxylation is 1. The molecule has 1 aromatic heterocycles. The quantitative estimate of drug-likeness (QED) is 0.819. The zero-order valence-electron chi connectivity index (χ0n) is 8.88. The maximum atomic E-state index is 12.3. The average molecular weight is 242 g/mol. The summed E-state index contributed by atoms with van der Waals surface area (Å²) in [7, 11) is 0. The van der Waals surface area contributed by atoms with E-state index >= 15 is 0 Å². The van der Waals surface area contributed by atoms with E-state index in [1.807, 2.05) is 0 Å². The highest BCUT2D eigenvalue weighted by molar-refractivity contribution is 5.35. The van der Waals surface area contributed by atoms with Gasteiger partial charge in [-0.05, 0) is 31.2 Å². The number of benzene rings is 1. The van der Waals surface area contributed by atoms with Gasteiger partial charge in [0.15, 0.2) is 0 Å². The van der Waals surface area contributed by atoms with E-state index in [1.165, 1.54) is 22.9 Å². The van der Waals surface area contributed by atoms with E-state index in [0.717, 1.165) is 12.1 Å². The Morgan fingerprint density at radius 2 is 1.76 bits per heavy atom. The molecule has 0 aliphatic heterocycles. The molecule has 0 saturated carbocycles. The summed E-state index contributed by atoms with van der Waals surface area (Å²) in [6.07, 6.45) is -4.37. The van der Waals surface area contributed by atoms with Gasteiger partial charge in [-0.3, -0.25) is 9.89 Å². The van der Waals surface area contributed by atoms with Gasteiger partial charge in [0.2, 0.25) is 0 Å². The van der Waals surface area contributed by atoms with Gasteiger partial charge in [0, 0.05) is 11.8 Å². The first-order valence-electron chi connectivity index (χ1n) is 4.84. The van der Waals surface area contributed by atoms with Crippen molar-refractivity contribution in [3.05, 3.63) is 51.9 Å². The molecule has 0 spiro atoms. The highest BCUT2D eigenvalue weighted by Crippen LogP contribution is 2.29. The Morgan fingerprint density at radius 1 is 1.18 bits per heavy atom. The second-order valence-electron chi connectivity index (χ2n) is 3.66. The van der Waals surface area contributed by atoms with Crippen LogP contribution < -0.4 is 5.56 Å². The molecule has 17 heavy (non-hydrogen) atoms. The first kappa shape index (κ1) is 11.5. The topological polar surface area (TPSA) is 37.8 Å². The molecule has 2 rings (SSSR count). The van der Waals surface area contributed by atoms with Crippen LogP contribution in [0.25, 0.3) is 5.69 Å². The summed E-state index contributed by atoms with van der Waals surface area (Å²) < 4.78 is 38.2. The third-order valence-corrected chi connectivity index (χ3v) is 2.30. The van der Waals surface area contributed by atoms with Crippen molar-refractivity contribution in [2.24, 2.45) is 0 Å². The van der Waals surface area contributed by atoms with Crippen LogP contribution in [0.2, 0.25) is 0 Å². The molecule has 0 atom stereocenters. The van der Waals surface area contributed by atoms with Gasteiger partial charge in [-0.1, -0.05) is 0 Å². The lowest BCUT2D eigenvalue weighted by molar-refractivity contribution is -0.137. The summed E-state index contributed by atoms with van der Waals surface area (Å²) in [5.41, 5.74) is -0.0224. The summed E-state index contributed by atoms with van der Waals surface area (Å²) in [5.74, 6) is 0. The predicted molar refractivity (Wildman–Crippen MR) is 56.1 cm³/mol. The molecular formula is C11H9F3N2O. The van der Waals surface area contributed by atoms with E-state index in [4.69, 9.17) is 0 Å². The minimum absolute atomic E-state index is 0.303. The Kier molecular flexibility index (Phi) is 2.57. The molecule has 1 N–H and O–H groups in total. The summed E-state index contributed by atoms with van der Waals surface area (Å²) in [6.45, 7) is 1.70. The van der Waals surface area contributed by atoms with Crippen molar-refractivity contribution in [2.45, 2.75) is 13.1 Å². The molecule has 0 aliphatic carbocycles. The monoisotopic (exact) mass is 242 g/mol. The largest absolute Gasteiger partial charge is 0.416 e.